The maximum Gasteiger partial charge on any atom is 0.259 e. The van der Waals surface area contributed by atoms with Crippen molar-refractivity contribution < 1.29 is 4.79 Å². The Morgan fingerprint density at radius 3 is 2.21 bits per heavy atom. The highest BCUT2D eigenvalue weighted by atomic mass is 16.2. The molecule has 0 atom stereocenters. The summed E-state index contributed by atoms with van der Waals surface area (Å²) in [6.45, 7) is 0. The highest BCUT2D eigenvalue weighted by Crippen LogP contribution is 2.15. The average Bonchev–Trinajstić information content (AvgIpc) is 2.46. The quantitative estimate of drug-likeness (QED) is 0.845. The Balaban J connectivity index is 2.20. The molecule has 4 heteroatoms. The SMILES string of the molecule is CN(C)c1ccc(C(=O)N(C)c2ccccc2)cn1. The molecule has 2 aromatic rings. The first kappa shape index (κ1) is 13.1. The van der Waals surface area contributed by atoms with Crippen LogP contribution >= 0.6 is 0 Å². The van der Waals surface area contributed by atoms with E-state index in [1.54, 1.807) is 24.2 Å². The molecule has 0 saturated heterocycles. The van der Waals surface area contributed by atoms with Crippen molar-refractivity contribution in [1.29, 1.82) is 0 Å². The van der Waals surface area contributed by atoms with Crippen LogP contribution in [0.5, 0.6) is 0 Å². The van der Waals surface area contributed by atoms with Crippen LogP contribution in [-0.4, -0.2) is 32.0 Å². The average molecular weight is 255 g/mol. The molecule has 2 rings (SSSR count). The number of aromatic nitrogens is 1. The van der Waals surface area contributed by atoms with Crippen molar-refractivity contribution in [1.82, 2.24) is 4.98 Å². The number of pyridine rings is 1. The summed E-state index contributed by atoms with van der Waals surface area (Å²) in [5.41, 5.74) is 1.45. The van der Waals surface area contributed by atoms with Gasteiger partial charge in [-0.25, -0.2) is 4.98 Å². The molecular formula is C15H17N3O. The number of rotatable bonds is 3. The predicted octanol–water partition coefficient (Wildman–Crippen LogP) is 2.42. The van der Waals surface area contributed by atoms with E-state index in [1.807, 2.05) is 55.4 Å². The number of benzene rings is 1. The lowest BCUT2D eigenvalue weighted by Gasteiger charge is -2.17. The molecule has 0 bridgehead atoms. The fraction of sp³-hybridized carbons (Fsp3) is 0.200. The number of carbonyl (C=O) groups is 1. The van der Waals surface area contributed by atoms with Crippen molar-refractivity contribution in [3.05, 3.63) is 54.2 Å². The lowest BCUT2D eigenvalue weighted by molar-refractivity contribution is 0.0992. The summed E-state index contributed by atoms with van der Waals surface area (Å²) in [6, 6.07) is 13.2. The third-order valence-corrected chi connectivity index (χ3v) is 2.90. The summed E-state index contributed by atoms with van der Waals surface area (Å²) < 4.78 is 0. The third kappa shape index (κ3) is 2.91. The summed E-state index contributed by atoms with van der Waals surface area (Å²) in [6.07, 6.45) is 1.61. The van der Waals surface area contributed by atoms with Gasteiger partial charge in [0.1, 0.15) is 5.82 Å². The molecule has 0 aliphatic carbocycles. The molecule has 1 aromatic carbocycles. The number of hydrogen-bond acceptors (Lipinski definition) is 3. The Labute approximate surface area is 113 Å². The van der Waals surface area contributed by atoms with Gasteiger partial charge in [0.25, 0.3) is 5.91 Å². The Hall–Kier alpha value is -2.36. The van der Waals surface area contributed by atoms with Crippen LogP contribution in [0.1, 0.15) is 10.4 Å². The second kappa shape index (κ2) is 5.52. The number of nitrogens with zero attached hydrogens (tertiary/aromatic N) is 3. The Kier molecular flexibility index (Phi) is 3.80. The summed E-state index contributed by atoms with van der Waals surface area (Å²) >= 11 is 0. The van der Waals surface area contributed by atoms with Crippen LogP contribution in [0.3, 0.4) is 0 Å². The standard InChI is InChI=1S/C15H17N3O/c1-17(2)14-10-9-12(11-16-14)15(19)18(3)13-7-5-4-6-8-13/h4-11H,1-3H3. The summed E-state index contributed by atoms with van der Waals surface area (Å²) in [5, 5.41) is 0. The number of hydrogen-bond donors (Lipinski definition) is 0. The minimum atomic E-state index is -0.0657. The van der Waals surface area contributed by atoms with E-state index in [4.69, 9.17) is 0 Å². The number of anilines is 2. The highest BCUT2D eigenvalue weighted by molar-refractivity contribution is 6.05. The lowest BCUT2D eigenvalue weighted by atomic mass is 10.2. The molecule has 19 heavy (non-hydrogen) atoms. The summed E-state index contributed by atoms with van der Waals surface area (Å²) in [7, 11) is 5.59. The van der Waals surface area contributed by atoms with Gasteiger partial charge in [-0.05, 0) is 24.3 Å². The first-order chi connectivity index (χ1) is 9.09. The molecule has 0 aliphatic heterocycles. The van der Waals surface area contributed by atoms with Crippen LogP contribution in [0, 0.1) is 0 Å². The number of carbonyl (C=O) groups excluding carboxylic acids is 1. The van der Waals surface area contributed by atoms with Gasteiger partial charge >= 0.3 is 0 Å². The number of amides is 1. The van der Waals surface area contributed by atoms with E-state index in [0.717, 1.165) is 11.5 Å². The number of para-hydroxylation sites is 1. The minimum absolute atomic E-state index is 0.0657. The Morgan fingerprint density at radius 1 is 1.00 bits per heavy atom. The van der Waals surface area contributed by atoms with E-state index in [-0.39, 0.29) is 5.91 Å². The van der Waals surface area contributed by atoms with Gasteiger partial charge < -0.3 is 9.80 Å². The van der Waals surface area contributed by atoms with E-state index >= 15 is 0 Å². The molecule has 1 aromatic heterocycles. The zero-order valence-electron chi connectivity index (χ0n) is 11.4. The third-order valence-electron chi connectivity index (χ3n) is 2.90. The molecule has 0 saturated carbocycles. The Morgan fingerprint density at radius 2 is 1.68 bits per heavy atom. The molecule has 0 N–H and O–H groups in total. The topological polar surface area (TPSA) is 36.4 Å². The van der Waals surface area contributed by atoms with Crippen LogP contribution in [0.4, 0.5) is 11.5 Å². The maximum absolute atomic E-state index is 12.3. The van der Waals surface area contributed by atoms with Gasteiger partial charge in [-0.15, -0.1) is 0 Å². The molecule has 4 nitrogen and oxygen atoms in total. The predicted molar refractivity (Wildman–Crippen MR) is 77.7 cm³/mol. The fourth-order valence-electron chi connectivity index (χ4n) is 1.74. The second-order valence-electron chi connectivity index (χ2n) is 4.50. The van der Waals surface area contributed by atoms with Gasteiger partial charge in [0.15, 0.2) is 0 Å². The summed E-state index contributed by atoms with van der Waals surface area (Å²) in [5.74, 6) is 0.767. The molecule has 0 spiro atoms. The van der Waals surface area contributed by atoms with Gasteiger partial charge in [-0.1, -0.05) is 18.2 Å². The van der Waals surface area contributed by atoms with Crippen LogP contribution in [-0.2, 0) is 0 Å². The molecule has 0 aliphatic rings. The van der Waals surface area contributed by atoms with Gasteiger partial charge in [0.05, 0.1) is 5.56 Å². The van der Waals surface area contributed by atoms with Crippen molar-refractivity contribution in [2.24, 2.45) is 0 Å². The van der Waals surface area contributed by atoms with Crippen LogP contribution < -0.4 is 9.80 Å². The monoisotopic (exact) mass is 255 g/mol. The largest absolute Gasteiger partial charge is 0.363 e. The highest BCUT2D eigenvalue weighted by Gasteiger charge is 2.13. The first-order valence-corrected chi connectivity index (χ1v) is 6.06. The second-order valence-corrected chi connectivity index (χ2v) is 4.50. The van der Waals surface area contributed by atoms with Gasteiger partial charge in [0, 0.05) is 33.0 Å². The Bertz CT molecular complexity index is 549. The zero-order valence-corrected chi connectivity index (χ0v) is 11.4. The minimum Gasteiger partial charge on any atom is -0.363 e. The molecule has 1 amide bonds. The van der Waals surface area contributed by atoms with Crippen molar-refractivity contribution in [2.75, 3.05) is 30.9 Å². The van der Waals surface area contributed by atoms with E-state index < -0.39 is 0 Å². The van der Waals surface area contributed by atoms with Crippen molar-refractivity contribution in [2.45, 2.75) is 0 Å². The van der Waals surface area contributed by atoms with Crippen molar-refractivity contribution in [3.8, 4) is 0 Å². The molecule has 0 radical (unpaired) electrons. The van der Waals surface area contributed by atoms with Gasteiger partial charge in [-0.3, -0.25) is 4.79 Å². The molecule has 98 valence electrons. The maximum atomic E-state index is 12.3. The molecule has 0 fully saturated rings. The van der Waals surface area contributed by atoms with Gasteiger partial charge in [0.2, 0.25) is 0 Å². The van der Waals surface area contributed by atoms with Crippen LogP contribution in [0.25, 0.3) is 0 Å². The molecule has 1 heterocycles. The zero-order chi connectivity index (χ0) is 13.8. The van der Waals surface area contributed by atoms with Crippen LogP contribution in [0.2, 0.25) is 0 Å². The lowest BCUT2D eigenvalue weighted by Crippen LogP contribution is -2.26. The van der Waals surface area contributed by atoms with E-state index in [1.165, 1.54) is 0 Å². The van der Waals surface area contributed by atoms with Crippen molar-refractivity contribution in [3.63, 3.8) is 0 Å². The van der Waals surface area contributed by atoms with E-state index in [2.05, 4.69) is 4.98 Å². The van der Waals surface area contributed by atoms with Crippen LogP contribution in [0.15, 0.2) is 48.7 Å². The normalized spacial score (nSPS) is 10.1. The summed E-state index contributed by atoms with van der Waals surface area (Å²) in [4.78, 5) is 20.1. The van der Waals surface area contributed by atoms with Crippen molar-refractivity contribution >= 4 is 17.4 Å². The smallest absolute Gasteiger partial charge is 0.259 e. The first-order valence-electron chi connectivity index (χ1n) is 6.06. The van der Waals surface area contributed by atoms with Gasteiger partial charge in [-0.2, -0.15) is 0 Å². The van der Waals surface area contributed by atoms with E-state index in [9.17, 15) is 4.79 Å². The fourth-order valence-corrected chi connectivity index (χ4v) is 1.74. The van der Waals surface area contributed by atoms with E-state index in [0.29, 0.717) is 5.56 Å². The molecular weight excluding hydrogens is 238 g/mol. The molecule has 0 unspecified atom stereocenters.